The molecule has 9 heteroatoms. The lowest BCUT2D eigenvalue weighted by Gasteiger charge is -2.15. The van der Waals surface area contributed by atoms with Crippen LogP contribution in [0.1, 0.15) is 31.9 Å². The molecule has 0 spiro atoms. The van der Waals surface area contributed by atoms with Gasteiger partial charge in [0.2, 0.25) is 11.8 Å². The minimum absolute atomic E-state index is 0.0303. The average Bonchev–Trinajstić information content (AvgIpc) is 2.95. The molecule has 0 radical (unpaired) electrons. The van der Waals surface area contributed by atoms with Gasteiger partial charge >= 0.3 is 0 Å². The predicted molar refractivity (Wildman–Crippen MR) is 101 cm³/mol. The number of anilines is 1. The van der Waals surface area contributed by atoms with Gasteiger partial charge in [0.15, 0.2) is 11.5 Å². The van der Waals surface area contributed by atoms with Gasteiger partial charge in [-0.1, -0.05) is 30.0 Å². The van der Waals surface area contributed by atoms with Crippen LogP contribution in [0, 0.1) is 0 Å². The fourth-order valence-corrected chi connectivity index (χ4v) is 3.13. The van der Waals surface area contributed by atoms with Gasteiger partial charge in [0.1, 0.15) is 11.4 Å². The van der Waals surface area contributed by atoms with Gasteiger partial charge in [0.05, 0.1) is 0 Å². The van der Waals surface area contributed by atoms with Crippen LogP contribution in [0.3, 0.4) is 0 Å². The second kappa shape index (κ2) is 9.25. The maximum absolute atomic E-state index is 12.3. The Bertz CT molecular complexity index is 759. The first-order valence-electron chi connectivity index (χ1n) is 7.87. The van der Waals surface area contributed by atoms with E-state index in [1.807, 2.05) is 0 Å². The monoisotopic (exact) mass is 376 g/mol. The Morgan fingerprint density at radius 2 is 2.15 bits per heavy atom. The first-order chi connectivity index (χ1) is 12.4. The lowest BCUT2D eigenvalue weighted by Crippen LogP contribution is -2.28. The molecule has 2 amide bonds. The minimum atomic E-state index is -0.774. The number of benzene rings is 1. The van der Waals surface area contributed by atoms with Gasteiger partial charge in [0.25, 0.3) is 0 Å². The third-order valence-electron chi connectivity index (χ3n) is 3.41. The molecule has 0 saturated carbocycles. The summed E-state index contributed by atoms with van der Waals surface area (Å²) in [5.41, 5.74) is 1.78. The van der Waals surface area contributed by atoms with Crippen molar-refractivity contribution in [3.8, 4) is 0 Å². The Morgan fingerprint density at radius 3 is 2.81 bits per heavy atom. The first kappa shape index (κ1) is 19.8. The molecule has 2 unspecified atom stereocenters. The van der Waals surface area contributed by atoms with Crippen molar-refractivity contribution in [3.05, 3.63) is 29.8 Å². The van der Waals surface area contributed by atoms with Gasteiger partial charge in [0, 0.05) is 30.5 Å². The highest BCUT2D eigenvalue weighted by Crippen LogP contribution is 2.26. The maximum Gasteiger partial charge on any atom is 0.240 e. The standard InChI is InChI=1S/C17H20N4O4S/c1-10(2)20-21-17-19-16(24)14(26-17)8-15(23)18-12-7-5-4-6-11(12)13(9-22)25-3/h4-7,9,13-14H,8H2,1-3H3,(H,18,23)(H,19,21,24). The number of amidine groups is 1. The van der Waals surface area contributed by atoms with Crippen molar-refractivity contribution < 1.29 is 19.1 Å². The Morgan fingerprint density at radius 1 is 1.42 bits per heavy atom. The highest BCUT2D eigenvalue weighted by Gasteiger charge is 2.32. The number of hydrogen-bond acceptors (Lipinski definition) is 7. The number of nitrogens with zero attached hydrogens (tertiary/aromatic N) is 2. The van der Waals surface area contributed by atoms with Crippen molar-refractivity contribution in [2.75, 3.05) is 12.4 Å². The first-order valence-corrected chi connectivity index (χ1v) is 8.75. The van der Waals surface area contributed by atoms with Gasteiger partial charge in [-0.3, -0.25) is 9.59 Å². The van der Waals surface area contributed by atoms with E-state index in [4.69, 9.17) is 4.74 Å². The number of thioether (sulfide) groups is 1. The topological polar surface area (TPSA) is 109 Å². The summed E-state index contributed by atoms with van der Waals surface area (Å²) >= 11 is 1.16. The highest BCUT2D eigenvalue weighted by atomic mass is 32.2. The number of nitrogens with one attached hydrogen (secondary N) is 2. The summed E-state index contributed by atoms with van der Waals surface area (Å²) in [4.78, 5) is 35.4. The number of carbonyl (C=O) groups is 3. The van der Waals surface area contributed by atoms with E-state index in [0.29, 0.717) is 22.7 Å². The molecule has 1 aromatic rings. The van der Waals surface area contributed by atoms with E-state index in [-0.39, 0.29) is 18.2 Å². The van der Waals surface area contributed by atoms with Crippen LogP contribution >= 0.6 is 11.8 Å². The number of methoxy groups -OCH3 is 1. The van der Waals surface area contributed by atoms with E-state index in [2.05, 4.69) is 20.8 Å². The van der Waals surface area contributed by atoms with Gasteiger partial charge in [-0.15, -0.1) is 5.10 Å². The Labute approximate surface area is 155 Å². The van der Waals surface area contributed by atoms with E-state index in [9.17, 15) is 14.4 Å². The number of para-hydroxylation sites is 1. The van der Waals surface area contributed by atoms with Crippen LogP contribution in [-0.2, 0) is 19.1 Å². The van der Waals surface area contributed by atoms with Crippen molar-refractivity contribution in [3.63, 3.8) is 0 Å². The predicted octanol–water partition coefficient (Wildman–Crippen LogP) is 1.88. The molecule has 1 saturated heterocycles. The fraction of sp³-hybridized carbons (Fsp3) is 0.353. The number of rotatable bonds is 7. The molecule has 2 N–H and O–H groups in total. The summed E-state index contributed by atoms with van der Waals surface area (Å²) in [5.74, 6) is -0.633. The molecular weight excluding hydrogens is 356 g/mol. The number of carbonyl (C=O) groups excluding carboxylic acids is 3. The summed E-state index contributed by atoms with van der Waals surface area (Å²) in [5, 5.41) is 12.9. The fourth-order valence-electron chi connectivity index (χ4n) is 2.22. The zero-order valence-corrected chi connectivity index (χ0v) is 15.5. The van der Waals surface area contributed by atoms with Gasteiger partial charge in [-0.2, -0.15) is 5.10 Å². The van der Waals surface area contributed by atoms with Crippen LogP contribution in [0.15, 0.2) is 34.5 Å². The van der Waals surface area contributed by atoms with Gasteiger partial charge < -0.3 is 20.2 Å². The van der Waals surface area contributed by atoms with Gasteiger partial charge in [-0.25, -0.2) is 0 Å². The average molecular weight is 376 g/mol. The van der Waals surface area contributed by atoms with Crippen molar-refractivity contribution in [2.24, 2.45) is 10.2 Å². The summed E-state index contributed by atoms with van der Waals surface area (Å²) in [7, 11) is 1.42. The van der Waals surface area contributed by atoms with Crippen LogP contribution in [0.2, 0.25) is 0 Å². The van der Waals surface area contributed by atoms with Crippen molar-refractivity contribution in [1.29, 1.82) is 0 Å². The zero-order valence-electron chi connectivity index (χ0n) is 14.7. The SMILES string of the molecule is COC(C=O)c1ccccc1NC(=O)CC1SC(=NN=C(C)C)NC1=O. The molecule has 26 heavy (non-hydrogen) atoms. The van der Waals surface area contributed by atoms with Gasteiger partial charge in [-0.05, 0) is 19.9 Å². The molecule has 8 nitrogen and oxygen atoms in total. The maximum atomic E-state index is 12.3. The second-order valence-corrected chi connectivity index (χ2v) is 6.87. The van der Waals surface area contributed by atoms with Crippen LogP contribution < -0.4 is 10.6 Å². The van der Waals surface area contributed by atoms with Crippen LogP contribution in [-0.4, -0.2) is 41.3 Å². The lowest BCUT2D eigenvalue weighted by atomic mass is 10.1. The third-order valence-corrected chi connectivity index (χ3v) is 4.48. The van der Waals surface area contributed by atoms with Crippen LogP contribution in [0.4, 0.5) is 5.69 Å². The number of ether oxygens (including phenoxy) is 1. The molecule has 1 aliphatic rings. The molecule has 0 aromatic heterocycles. The smallest absolute Gasteiger partial charge is 0.240 e. The zero-order chi connectivity index (χ0) is 19.1. The number of amides is 2. The highest BCUT2D eigenvalue weighted by molar-refractivity contribution is 8.15. The Kier molecular flexibility index (Phi) is 7.05. The summed E-state index contributed by atoms with van der Waals surface area (Å²) in [6, 6.07) is 6.87. The molecule has 0 aliphatic carbocycles. The molecule has 138 valence electrons. The molecule has 1 heterocycles. The molecule has 1 aliphatic heterocycles. The molecular formula is C17H20N4O4S. The number of hydrogen-bond donors (Lipinski definition) is 2. The summed E-state index contributed by atoms with van der Waals surface area (Å²) in [6.07, 6.45) is -0.147. The largest absolute Gasteiger partial charge is 0.369 e. The molecule has 1 fully saturated rings. The number of aldehydes is 1. The third kappa shape index (κ3) is 5.24. The quantitative estimate of drug-likeness (QED) is 0.429. The van der Waals surface area contributed by atoms with E-state index >= 15 is 0 Å². The van der Waals surface area contributed by atoms with Crippen molar-refractivity contribution >= 4 is 46.4 Å². The summed E-state index contributed by atoms with van der Waals surface area (Å²) < 4.78 is 5.10. The molecule has 2 rings (SSSR count). The van der Waals surface area contributed by atoms with E-state index < -0.39 is 11.4 Å². The van der Waals surface area contributed by atoms with E-state index in [1.165, 1.54) is 7.11 Å². The van der Waals surface area contributed by atoms with E-state index in [0.717, 1.165) is 17.5 Å². The second-order valence-electron chi connectivity index (χ2n) is 5.68. The molecule has 2 atom stereocenters. The van der Waals surface area contributed by atoms with Crippen molar-refractivity contribution in [1.82, 2.24) is 5.32 Å². The van der Waals surface area contributed by atoms with Crippen LogP contribution in [0.5, 0.6) is 0 Å². The minimum Gasteiger partial charge on any atom is -0.369 e. The normalized spacial score (nSPS) is 19.0. The summed E-state index contributed by atoms with van der Waals surface area (Å²) in [6.45, 7) is 3.58. The molecule has 1 aromatic carbocycles. The lowest BCUT2D eigenvalue weighted by molar-refractivity contribution is -0.122. The Hall–Kier alpha value is -2.52. The van der Waals surface area contributed by atoms with Crippen LogP contribution in [0.25, 0.3) is 0 Å². The van der Waals surface area contributed by atoms with E-state index in [1.54, 1.807) is 38.1 Å². The van der Waals surface area contributed by atoms with Crippen molar-refractivity contribution in [2.45, 2.75) is 31.6 Å². The molecule has 0 bridgehead atoms. The Balaban J connectivity index is 2.04.